The van der Waals surface area contributed by atoms with Gasteiger partial charge in [-0.15, -0.1) is 5.10 Å². The van der Waals surface area contributed by atoms with Crippen molar-refractivity contribution in [3.05, 3.63) is 59.9 Å². The average Bonchev–Trinajstić information content (AvgIpc) is 3.24. The van der Waals surface area contributed by atoms with E-state index in [1.807, 2.05) is 43.0 Å². The van der Waals surface area contributed by atoms with Gasteiger partial charge in [0.15, 0.2) is 5.82 Å². The summed E-state index contributed by atoms with van der Waals surface area (Å²) in [4.78, 5) is 17.0. The molecule has 0 spiro atoms. The summed E-state index contributed by atoms with van der Waals surface area (Å²) in [7, 11) is 0. The Morgan fingerprint density at radius 1 is 1.03 bits per heavy atom. The Morgan fingerprint density at radius 2 is 1.76 bits per heavy atom. The maximum Gasteiger partial charge on any atom is 0.253 e. The van der Waals surface area contributed by atoms with Crippen molar-refractivity contribution in [2.75, 3.05) is 31.1 Å². The molecule has 0 unspecified atom stereocenters. The number of carbonyl (C=O) groups is 1. The molecule has 1 saturated heterocycles. The van der Waals surface area contributed by atoms with E-state index in [4.69, 9.17) is 0 Å². The second kappa shape index (κ2) is 7.98. The van der Waals surface area contributed by atoms with E-state index in [2.05, 4.69) is 20.4 Å². The van der Waals surface area contributed by atoms with E-state index in [1.54, 1.807) is 16.8 Å². The molecule has 1 aromatic heterocycles. The van der Waals surface area contributed by atoms with E-state index in [0.717, 1.165) is 11.3 Å². The number of aromatic nitrogens is 4. The van der Waals surface area contributed by atoms with Crippen LogP contribution in [0.15, 0.2) is 48.5 Å². The SMILES string of the molecule is CC(C)n1nnnc1-c1cccc(C(=O)N2CCN(c3ccc(F)cc3)CC2)c1. The van der Waals surface area contributed by atoms with Crippen LogP contribution >= 0.6 is 0 Å². The van der Waals surface area contributed by atoms with E-state index in [0.29, 0.717) is 37.6 Å². The Morgan fingerprint density at radius 3 is 2.45 bits per heavy atom. The van der Waals surface area contributed by atoms with Crippen LogP contribution in [0, 0.1) is 5.82 Å². The van der Waals surface area contributed by atoms with Gasteiger partial charge in [-0.3, -0.25) is 4.79 Å². The van der Waals surface area contributed by atoms with Crippen LogP contribution in [0.3, 0.4) is 0 Å². The molecule has 1 aliphatic heterocycles. The van der Waals surface area contributed by atoms with Crippen LogP contribution in [0.2, 0.25) is 0 Å². The maximum absolute atomic E-state index is 13.1. The van der Waals surface area contributed by atoms with Gasteiger partial charge in [0.05, 0.1) is 6.04 Å². The van der Waals surface area contributed by atoms with Crippen LogP contribution in [0.25, 0.3) is 11.4 Å². The highest BCUT2D eigenvalue weighted by molar-refractivity contribution is 5.95. The zero-order valence-corrected chi connectivity index (χ0v) is 16.5. The topological polar surface area (TPSA) is 67.2 Å². The third kappa shape index (κ3) is 3.96. The van der Waals surface area contributed by atoms with Crippen molar-refractivity contribution < 1.29 is 9.18 Å². The normalized spacial score (nSPS) is 14.5. The number of hydrogen-bond acceptors (Lipinski definition) is 5. The molecule has 0 aliphatic carbocycles. The summed E-state index contributed by atoms with van der Waals surface area (Å²) >= 11 is 0. The highest BCUT2D eigenvalue weighted by Gasteiger charge is 2.23. The van der Waals surface area contributed by atoms with Gasteiger partial charge in [-0.2, -0.15) is 0 Å². The lowest BCUT2D eigenvalue weighted by Gasteiger charge is -2.36. The third-order valence-electron chi connectivity index (χ3n) is 5.11. The van der Waals surface area contributed by atoms with Crippen LogP contribution in [-0.2, 0) is 0 Å². The zero-order chi connectivity index (χ0) is 20.4. The fourth-order valence-electron chi connectivity index (χ4n) is 3.53. The summed E-state index contributed by atoms with van der Waals surface area (Å²) in [5.41, 5.74) is 2.41. The summed E-state index contributed by atoms with van der Waals surface area (Å²) in [6, 6.07) is 14.0. The van der Waals surface area contributed by atoms with Crippen molar-refractivity contribution in [2.45, 2.75) is 19.9 Å². The molecule has 4 rings (SSSR count). The van der Waals surface area contributed by atoms with Gasteiger partial charge in [0.1, 0.15) is 5.82 Å². The number of halogens is 1. The standard InChI is InChI=1S/C21H23FN6O/c1-15(2)28-20(23-24-25-28)16-4-3-5-17(14-16)21(29)27-12-10-26(11-13-27)19-8-6-18(22)7-9-19/h3-9,14-15H,10-13H2,1-2H3. The highest BCUT2D eigenvalue weighted by Crippen LogP contribution is 2.22. The number of hydrogen-bond donors (Lipinski definition) is 0. The van der Waals surface area contributed by atoms with Crippen molar-refractivity contribution in [1.82, 2.24) is 25.1 Å². The number of rotatable bonds is 4. The average molecular weight is 394 g/mol. The Hall–Kier alpha value is -3.29. The van der Waals surface area contributed by atoms with Gasteiger partial charge in [-0.05, 0) is 60.7 Å². The molecule has 29 heavy (non-hydrogen) atoms. The fraction of sp³-hybridized carbons (Fsp3) is 0.333. The number of anilines is 1. The molecule has 1 fully saturated rings. The number of tetrazole rings is 1. The Labute approximate surface area is 168 Å². The highest BCUT2D eigenvalue weighted by atomic mass is 19.1. The Balaban J connectivity index is 1.47. The minimum Gasteiger partial charge on any atom is -0.368 e. The fourth-order valence-corrected chi connectivity index (χ4v) is 3.53. The number of amides is 1. The van der Waals surface area contributed by atoms with Crippen molar-refractivity contribution in [2.24, 2.45) is 0 Å². The first kappa shape index (κ1) is 19.0. The van der Waals surface area contributed by atoms with Crippen LogP contribution in [-0.4, -0.2) is 57.2 Å². The Kier molecular flexibility index (Phi) is 5.24. The van der Waals surface area contributed by atoms with Gasteiger partial charge in [-0.25, -0.2) is 9.07 Å². The summed E-state index contributed by atoms with van der Waals surface area (Å²) < 4.78 is 14.9. The van der Waals surface area contributed by atoms with E-state index in [9.17, 15) is 9.18 Å². The van der Waals surface area contributed by atoms with E-state index in [1.165, 1.54) is 12.1 Å². The molecule has 0 saturated carbocycles. The van der Waals surface area contributed by atoms with Gasteiger partial charge in [0.25, 0.3) is 5.91 Å². The number of carbonyl (C=O) groups excluding carboxylic acids is 1. The molecule has 0 radical (unpaired) electrons. The van der Waals surface area contributed by atoms with E-state index < -0.39 is 0 Å². The minimum absolute atomic E-state index is 0.00539. The lowest BCUT2D eigenvalue weighted by Crippen LogP contribution is -2.48. The summed E-state index contributed by atoms with van der Waals surface area (Å²) in [5.74, 6) is 0.399. The molecule has 8 heteroatoms. The van der Waals surface area contributed by atoms with E-state index in [-0.39, 0.29) is 17.8 Å². The van der Waals surface area contributed by atoms with Crippen molar-refractivity contribution >= 4 is 11.6 Å². The summed E-state index contributed by atoms with van der Waals surface area (Å²) in [6.07, 6.45) is 0. The number of piperazine rings is 1. The van der Waals surface area contributed by atoms with Crippen LogP contribution in [0.5, 0.6) is 0 Å². The number of nitrogens with zero attached hydrogens (tertiary/aromatic N) is 6. The molecule has 2 aromatic carbocycles. The summed E-state index contributed by atoms with van der Waals surface area (Å²) in [5, 5.41) is 11.9. The largest absolute Gasteiger partial charge is 0.368 e. The van der Waals surface area contributed by atoms with Gasteiger partial charge >= 0.3 is 0 Å². The second-order valence-electron chi connectivity index (χ2n) is 7.38. The quantitative estimate of drug-likeness (QED) is 0.681. The molecule has 7 nitrogen and oxygen atoms in total. The monoisotopic (exact) mass is 394 g/mol. The van der Waals surface area contributed by atoms with Gasteiger partial charge in [0, 0.05) is 43.0 Å². The molecule has 3 aromatic rings. The van der Waals surface area contributed by atoms with Crippen molar-refractivity contribution in [3.63, 3.8) is 0 Å². The smallest absolute Gasteiger partial charge is 0.253 e. The van der Waals surface area contributed by atoms with Crippen LogP contribution in [0.1, 0.15) is 30.2 Å². The minimum atomic E-state index is -0.244. The molecule has 1 aliphatic rings. The zero-order valence-electron chi connectivity index (χ0n) is 16.5. The van der Waals surface area contributed by atoms with Crippen molar-refractivity contribution in [1.29, 1.82) is 0 Å². The summed E-state index contributed by atoms with van der Waals surface area (Å²) in [6.45, 7) is 6.67. The van der Waals surface area contributed by atoms with Crippen molar-refractivity contribution in [3.8, 4) is 11.4 Å². The van der Waals surface area contributed by atoms with E-state index >= 15 is 0 Å². The Bertz CT molecular complexity index is 992. The second-order valence-corrected chi connectivity index (χ2v) is 7.38. The number of benzene rings is 2. The lowest BCUT2D eigenvalue weighted by molar-refractivity contribution is 0.0747. The molecular formula is C21H23FN6O. The van der Waals surface area contributed by atoms with Gasteiger partial charge < -0.3 is 9.80 Å². The predicted molar refractivity (Wildman–Crippen MR) is 108 cm³/mol. The van der Waals surface area contributed by atoms with Gasteiger partial charge in [0.2, 0.25) is 0 Å². The molecule has 150 valence electrons. The molecule has 0 N–H and O–H groups in total. The van der Waals surface area contributed by atoms with Gasteiger partial charge in [-0.1, -0.05) is 12.1 Å². The predicted octanol–water partition coefficient (Wildman–Crippen LogP) is 3.02. The molecule has 0 atom stereocenters. The first-order valence-electron chi connectivity index (χ1n) is 9.71. The molecular weight excluding hydrogens is 371 g/mol. The lowest BCUT2D eigenvalue weighted by atomic mass is 10.1. The van der Waals surface area contributed by atoms with Crippen LogP contribution in [0.4, 0.5) is 10.1 Å². The first-order valence-corrected chi connectivity index (χ1v) is 9.71. The van der Waals surface area contributed by atoms with Crippen LogP contribution < -0.4 is 4.90 Å². The molecule has 1 amide bonds. The maximum atomic E-state index is 13.1. The molecule has 2 heterocycles. The first-order chi connectivity index (χ1) is 14.0. The third-order valence-corrected chi connectivity index (χ3v) is 5.11. The molecule has 0 bridgehead atoms.